The van der Waals surface area contributed by atoms with Crippen molar-refractivity contribution in [1.29, 1.82) is 0 Å². The minimum Gasteiger partial charge on any atom is -0.381 e. The summed E-state index contributed by atoms with van der Waals surface area (Å²) in [5.74, 6) is 5.53. The smallest absolute Gasteiger partial charge is 0.123 e. The maximum absolute atomic E-state index is 13.0. The van der Waals surface area contributed by atoms with Crippen molar-refractivity contribution < 1.29 is 13.9 Å². The predicted octanol–water partition coefficient (Wildman–Crippen LogP) is 1.79. The third kappa shape index (κ3) is 3.55. The fourth-order valence-corrected chi connectivity index (χ4v) is 2.85. The van der Waals surface area contributed by atoms with Gasteiger partial charge in [0.2, 0.25) is 0 Å². The van der Waals surface area contributed by atoms with Gasteiger partial charge in [-0.3, -0.25) is 11.3 Å². The Hall–Kier alpha value is -1.01. The van der Waals surface area contributed by atoms with E-state index >= 15 is 0 Å². The first-order valence-corrected chi connectivity index (χ1v) is 7.12. The van der Waals surface area contributed by atoms with Crippen molar-refractivity contribution in [2.45, 2.75) is 37.8 Å². The van der Waals surface area contributed by atoms with Crippen LogP contribution in [0.3, 0.4) is 0 Å². The van der Waals surface area contributed by atoms with Crippen LogP contribution in [0.15, 0.2) is 24.3 Å². The molecule has 20 heavy (non-hydrogen) atoms. The first-order valence-electron chi connectivity index (χ1n) is 7.12. The lowest BCUT2D eigenvalue weighted by atomic mass is 9.83. The molecule has 0 amide bonds. The molecule has 1 heterocycles. The zero-order chi connectivity index (χ0) is 14.4. The van der Waals surface area contributed by atoms with Crippen molar-refractivity contribution in [3.8, 4) is 0 Å². The van der Waals surface area contributed by atoms with Gasteiger partial charge in [-0.2, -0.15) is 0 Å². The van der Waals surface area contributed by atoms with Gasteiger partial charge in [-0.25, -0.2) is 4.39 Å². The molecule has 0 bridgehead atoms. The van der Waals surface area contributed by atoms with Crippen LogP contribution < -0.4 is 11.3 Å². The van der Waals surface area contributed by atoms with Gasteiger partial charge < -0.3 is 9.47 Å². The molecule has 1 aromatic rings. The summed E-state index contributed by atoms with van der Waals surface area (Å²) in [6.07, 6.45) is 2.34. The molecule has 4 nitrogen and oxygen atoms in total. The Kier molecular flexibility index (Phi) is 5.48. The van der Waals surface area contributed by atoms with Gasteiger partial charge in [0.1, 0.15) is 5.82 Å². The van der Waals surface area contributed by atoms with Crippen LogP contribution in [0.4, 0.5) is 4.39 Å². The minimum atomic E-state index is -0.309. The first-order chi connectivity index (χ1) is 9.70. The molecular weight excluding hydrogens is 259 g/mol. The van der Waals surface area contributed by atoms with Crippen molar-refractivity contribution in [2.75, 3.05) is 19.8 Å². The monoisotopic (exact) mass is 282 g/mol. The molecule has 1 unspecified atom stereocenters. The zero-order valence-electron chi connectivity index (χ0n) is 11.9. The third-order valence-corrected chi connectivity index (χ3v) is 3.96. The van der Waals surface area contributed by atoms with E-state index in [0.717, 1.165) is 18.4 Å². The van der Waals surface area contributed by atoms with E-state index in [0.29, 0.717) is 26.2 Å². The molecule has 112 valence electrons. The van der Waals surface area contributed by atoms with Crippen LogP contribution in [0.25, 0.3) is 0 Å². The Balaban J connectivity index is 2.13. The van der Waals surface area contributed by atoms with Crippen LogP contribution in [-0.4, -0.2) is 31.5 Å². The Labute approximate surface area is 119 Å². The van der Waals surface area contributed by atoms with Crippen molar-refractivity contribution >= 4 is 0 Å². The number of halogens is 1. The molecule has 0 spiro atoms. The van der Waals surface area contributed by atoms with Crippen molar-refractivity contribution in [3.63, 3.8) is 0 Å². The highest BCUT2D eigenvalue weighted by Gasteiger charge is 2.40. The van der Waals surface area contributed by atoms with Crippen molar-refractivity contribution in [3.05, 3.63) is 35.6 Å². The highest BCUT2D eigenvalue weighted by atomic mass is 19.1. The van der Waals surface area contributed by atoms with Gasteiger partial charge in [0.15, 0.2) is 0 Å². The van der Waals surface area contributed by atoms with E-state index in [2.05, 4.69) is 5.43 Å². The van der Waals surface area contributed by atoms with E-state index in [4.69, 9.17) is 15.3 Å². The van der Waals surface area contributed by atoms with E-state index in [9.17, 15) is 4.39 Å². The summed E-state index contributed by atoms with van der Waals surface area (Å²) in [5.41, 5.74) is 3.62. The highest BCUT2D eigenvalue weighted by Crippen LogP contribution is 2.30. The van der Waals surface area contributed by atoms with Gasteiger partial charge in [0, 0.05) is 32.7 Å². The van der Waals surface area contributed by atoms with Crippen molar-refractivity contribution in [1.82, 2.24) is 5.43 Å². The number of ether oxygens (including phenoxy) is 2. The van der Waals surface area contributed by atoms with E-state index in [1.165, 1.54) is 12.1 Å². The fraction of sp³-hybridized carbons (Fsp3) is 0.600. The lowest BCUT2D eigenvalue weighted by Gasteiger charge is -2.42. The van der Waals surface area contributed by atoms with Crippen LogP contribution in [0.2, 0.25) is 0 Å². The summed E-state index contributed by atoms with van der Waals surface area (Å²) in [5, 5.41) is 0. The molecule has 0 saturated carbocycles. The van der Waals surface area contributed by atoms with Gasteiger partial charge in [0.25, 0.3) is 0 Å². The topological polar surface area (TPSA) is 56.5 Å². The van der Waals surface area contributed by atoms with Crippen LogP contribution in [0, 0.1) is 5.82 Å². The third-order valence-electron chi connectivity index (χ3n) is 3.96. The second-order valence-electron chi connectivity index (χ2n) is 5.16. The molecule has 0 aliphatic carbocycles. The Morgan fingerprint density at radius 1 is 1.35 bits per heavy atom. The summed E-state index contributed by atoms with van der Waals surface area (Å²) >= 11 is 0. The Bertz CT molecular complexity index is 399. The minimum absolute atomic E-state index is 0.0168. The van der Waals surface area contributed by atoms with E-state index in [-0.39, 0.29) is 17.5 Å². The maximum Gasteiger partial charge on any atom is 0.123 e. The number of benzene rings is 1. The molecule has 1 aromatic carbocycles. The number of rotatable bonds is 6. The normalized spacial score (nSPS) is 19.8. The average molecular weight is 282 g/mol. The maximum atomic E-state index is 13.0. The summed E-state index contributed by atoms with van der Waals surface area (Å²) in [7, 11) is 0. The number of hydrazine groups is 1. The number of hydrogen-bond donors (Lipinski definition) is 2. The molecular formula is C15H23FN2O2. The average Bonchev–Trinajstić information content (AvgIpc) is 2.48. The summed E-state index contributed by atoms with van der Waals surface area (Å²) in [4.78, 5) is 0. The van der Waals surface area contributed by atoms with Crippen LogP contribution in [-0.2, 0) is 15.9 Å². The molecule has 0 radical (unpaired) electrons. The summed E-state index contributed by atoms with van der Waals surface area (Å²) in [6.45, 7) is 3.99. The van der Waals surface area contributed by atoms with Crippen molar-refractivity contribution in [2.24, 2.45) is 5.84 Å². The van der Waals surface area contributed by atoms with E-state index in [1.54, 1.807) is 12.1 Å². The molecule has 0 aromatic heterocycles. The summed E-state index contributed by atoms with van der Waals surface area (Å²) < 4.78 is 24.4. The van der Waals surface area contributed by atoms with Gasteiger partial charge in [-0.15, -0.1) is 0 Å². The SMILES string of the molecule is CCOC1(C(Cc2ccc(F)cc2)NN)CCOCC1. The number of nitrogens with one attached hydrogen (secondary N) is 1. The van der Waals surface area contributed by atoms with Crippen LogP contribution in [0.1, 0.15) is 25.3 Å². The zero-order valence-corrected chi connectivity index (χ0v) is 11.9. The van der Waals surface area contributed by atoms with Gasteiger partial charge in [0.05, 0.1) is 11.6 Å². The molecule has 1 aliphatic heterocycles. The molecule has 2 rings (SSSR count). The standard InChI is InChI=1S/C15H23FN2O2/c1-2-20-15(7-9-19-10-8-15)14(18-17)11-12-3-5-13(16)6-4-12/h3-6,14,18H,2,7-11,17H2,1H3. The second-order valence-corrected chi connectivity index (χ2v) is 5.16. The lowest BCUT2D eigenvalue weighted by Crippen LogP contribution is -2.58. The number of hydrogen-bond acceptors (Lipinski definition) is 4. The quantitative estimate of drug-likeness (QED) is 0.617. The van der Waals surface area contributed by atoms with E-state index < -0.39 is 0 Å². The lowest BCUT2D eigenvalue weighted by molar-refractivity contribution is -0.126. The predicted molar refractivity (Wildman–Crippen MR) is 75.6 cm³/mol. The van der Waals surface area contributed by atoms with Gasteiger partial charge in [-0.05, 0) is 31.0 Å². The molecule has 1 saturated heterocycles. The molecule has 1 atom stereocenters. The number of nitrogens with two attached hydrogens (primary N) is 1. The first kappa shape index (κ1) is 15.4. The summed E-state index contributed by atoms with van der Waals surface area (Å²) in [6, 6.07) is 6.51. The highest BCUT2D eigenvalue weighted by molar-refractivity contribution is 5.18. The fourth-order valence-electron chi connectivity index (χ4n) is 2.85. The molecule has 1 aliphatic rings. The largest absolute Gasteiger partial charge is 0.381 e. The second kappa shape index (κ2) is 7.13. The van der Waals surface area contributed by atoms with Gasteiger partial charge >= 0.3 is 0 Å². The Morgan fingerprint density at radius 2 is 2.00 bits per heavy atom. The molecule has 5 heteroatoms. The van der Waals surface area contributed by atoms with Crippen LogP contribution >= 0.6 is 0 Å². The van der Waals surface area contributed by atoms with Gasteiger partial charge in [-0.1, -0.05) is 12.1 Å². The van der Waals surface area contributed by atoms with Crippen LogP contribution in [0.5, 0.6) is 0 Å². The molecule has 3 N–H and O–H groups in total. The molecule has 1 fully saturated rings. The Morgan fingerprint density at radius 3 is 2.55 bits per heavy atom. The van der Waals surface area contributed by atoms with E-state index in [1.807, 2.05) is 6.92 Å².